The van der Waals surface area contributed by atoms with Gasteiger partial charge in [-0.05, 0) is 18.8 Å². The Labute approximate surface area is 62.8 Å². The van der Waals surface area contributed by atoms with Gasteiger partial charge in [0, 0.05) is 0 Å². The van der Waals surface area contributed by atoms with E-state index in [2.05, 4.69) is 6.92 Å². The minimum atomic E-state index is 0.479. The minimum Gasteiger partial charge on any atom is -0.634 e. The third-order valence-electron chi connectivity index (χ3n) is 2.36. The van der Waals surface area contributed by atoms with E-state index < -0.39 is 0 Å². The van der Waals surface area contributed by atoms with E-state index >= 15 is 0 Å². The van der Waals surface area contributed by atoms with E-state index in [1.54, 1.807) is 0 Å². The van der Waals surface area contributed by atoms with E-state index in [0.29, 0.717) is 5.06 Å². The lowest BCUT2D eigenvalue weighted by Gasteiger charge is -2.31. The first-order valence-electron chi connectivity index (χ1n) is 4.34. The van der Waals surface area contributed by atoms with E-state index in [1.165, 1.54) is 12.8 Å². The maximum Gasteiger partial charge on any atom is 0.0770 e. The second kappa shape index (κ2) is 3.94. The summed E-state index contributed by atoms with van der Waals surface area (Å²) < 4.78 is 0. The summed E-state index contributed by atoms with van der Waals surface area (Å²) in [6.45, 7) is 3.92. The molecule has 1 aliphatic rings. The number of nitrogens with one attached hydrogen (secondary N) is 1. The maximum absolute atomic E-state index is 10.8. The van der Waals surface area contributed by atoms with Gasteiger partial charge in [0.05, 0.1) is 13.1 Å². The van der Waals surface area contributed by atoms with E-state index in [4.69, 9.17) is 0 Å². The average Bonchev–Trinajstić information content (AvgIpc) is 1.95. The molecule has 0 aliphatic carbocycles. The summed E-state index contributed by atoms with van der Waals surface area (Å²) in [5, 5.41) is 11.3. The molecule has 0 spiro atoms. The summed E-state index contributed by atoms with van der Waals surface area (Å²) in [5.41, 5.74) is 0. The Morgan fingerprint density at radius 1 is 1.40 bits per heavy atom. The van der Waals surface area contributed by atoms with Crippen LogP contribution in [0.15, 0.2) is 0 Å². The zero-order valence-electron chi connectivity index (χ0n) is 6.73. The second-order valence-electron chi connectivity index (χ2n) is 3.27. The predicted octanol–water partition coefficient (Wildman–Crippen LogP) is 0.579. The molecule has 1 rings (SSSR count). The Morgan fingerprint density at radius 3 is 2.50 bits per heavy atom. The van der Waals surface area contributed by atoms with Crippen molar-refractivity contribution in [1.29, 1.82) is 0 Å². The lowest BCUT2D eigenvalue weighted by Crippen LogP contribution is -3.08. The predicted molar refractivity (Wildman–Crippen MR) is 41.7 cm³/mol. The molecule has 2 nitrogen and oxygen atoms in total. The number of quaternary nitrogens is 1. The molecule has 1 aliphatic heterocycles. The topological polar surface area (TPSA) is 27.5 Å². The van der Waals surface area contributed by atoms with Crippen molar-refractivity contribution in [2.45, 2.75) is 32.6 Å². The van der Waals surface area contributed by atoms with Crippen LogP contribution in [0.2, 0.25) is 0 Å². The Kier molecular flexibility index (Phi) is 3.16. The van der Waals surface area contributed by atoms with Crippen LogP contribution in [0.25, 0.3) is 0 Å². The lowest BCUT2D eigenvalue weighted by molar-refractivity contribution is -0.854. The van der Waals surface area contributed by atoms with Crippen LogP contribution >= 0.6 is 0 Å². The Bertz CT molecular complexity index is 87.3. The molecule has 2 heteroatoms. The quantitative estimate of drug-likeness (QED) is 0.562. The summed E-state index contributed by atoms with van der Waals surface area (Å²) in [5.74, 6) is 0.864. The summed E-state index contributed by atoms with van der Waals surface area (Å²) in [6, 6.07) is 0. The van der Waals surface area contributed by atoms with Crippen LogP contribution in [0, 0.1) is 11.1 Å². The van der Waals surface area contributed by atoms with Crippen LogP contribution in [-0.2, 0) is 0 Å². The fourth-order valence-electron chi connectivity index (χ4n) is 1.70. The summed E-state index contributed by atoms with van der Waals surface area (Å²) in [6.07, 6.45) is 4.92. The highest BCUT2D eigenvalue weighted by molar-refractivity contribution is 4.61. The number of hydrogen-bond donors (Lipinski definition) is 1. The van der Waals surface area contributed by atoms with Gasteiger partial charge in [0.2, 0.25) is 0 Å². The van der Waals surface area contributed by atoms with Gasteiger partial charge in [0.1, 0.15) is 0 Å². The SMILES string of the molecule is CCCC1CC[NH+]([O-])CC1. The third-order valence-corrected chi connectivity index (χ3v) is 2.36. The van der Waals surface area contributed by atoms with E-state index in [0.717, 1.165) is 31.8 Å². The first-order chi connectivity index (χ1) is 4.83. The molecule has 0 atom stereocenters. The van der Waals surface area contributed by atoms with Gasteiger partial charge in [0.15, 0.2) is 0 Å². The molecule has 1 fully saturated rings. The second-order valence-corrected chi connectivity index (χ2v) is 3.27. The van der Waals surface area contributed by atoms with Gasteiger partial charge in [-0.2, -0.15) is 0 Å². The molecule has 0 saturated carbocycles. The summed E-state index contributed by atoms with van der Waals surface area (Å²) in [7, 11) is 0. The van der Waals surface area contributed by atoms with Crippen LogP contribution in [0.1, 0.15) is 32.6 Å². The Morgan fingerprint density at radius 2 is 2.00 bits per heavy atom. The lowest BCUT2D eigenvalue weighted by atomic mass is 9.93. The fraction of sp³-hybridized carbons (Fsp3) is 1.00. The summed E-state index contributed by atoms with van der Waals surface area (Å²) in [4.78, 5) is 0. The minimum absolute atomic E-state index is 0.479. The monoisotopic (exact) mass is 143 g/mol. The molecule has 0 bridgehead atoms. The first-order valence-corrected chi connectivity index (χ1v) is 4.34. The molecule has 0 aromatic carbocycles. The Balaban J connectivity index is 2.13. The van der Waals surface area contributed by atoms with E-state index in [1.807, 2.05) is 0 Å². The molecule has 1 saturated heterocycles. The van der Waals surface area contributed by atoms with Gasteiger partial charge in [-0.1, -0.05) is 19.8 Å². The van der Waals surface area contributed by atoms with Crippen molar-refractivity contribution in [2.75, 3.05) is 13.1 Å². The molecule has 0 aromatic heterocycles. The molecule has 1 heterocycles. The highest BCUT2D eigenvalue weighted by Crippen LogP contribution is 2.15. The van der Waals surface area contributed by atoms with E-state index in [-0.39, 0.29) is 0 Å². The zero-order valence-corrected chi connectivity index (χ0v) is 6.73. The largest absolute Gasteiger partial charge is 0.634 e. The van der Waals surface area contributed by atoms with Gasteiger partial charge >= 0.3 is 0 Å². The number of piperidine rings is 1. The van der Waals surface area contributed by atoms with E-state index in [9.17, 15) is 5.21 Å². The highest BCUT2D eigenvalue weighted by Gasteiger charge is 2.15. The van der Waals surface area contributed by atoms with Crippen molar-refractivity contribution in [3.05, 3.63) is 5.21 Å². The zero-order chi connectivity index (χ0) is 7.40. The molecule has 60 valence electrons. The van der Waals surface area contributed by atoms with Crippen molar-refractivity contribution in [3.8, 4) is 0 Å². The number of hydroxylamine groups is 2. The Hall–Kier alpha value is -0.0800. The molecule has 0 aromatic rings. The van der Waals surface area contributed by atoms with Crippen molar-refractivity contribution < 1.29 is 5.06 Å². The normalized spacial score (nSPS) is 34.2. The molecule has 0 amide bonds. The molecule has 1 N–H and O–H groups in total. The first kappa shape index (κ1) is 8.02. The van der Waals surface area contributed by atoms with Crippen LogP contribution < -0.4 is 5.06 Å². The van der Waals surface area contributed by atoms with Gasteiger partial charge in [-0.3, -0.25) is 0 Å². The van der Waals surface area contributed by atoms with Crippen molar-refractivity contribution in [3.63, 3.8) is 0 Å². The van der Waals surface area contributed by atoms with Crippen LogP contribution in [0.3, 0.4) is 0 Å². The third kappa shape index (κ3) is 2.27. The van der Waals surface area contributed by atoms with Crippen LogP contribution in [0.4, 0.5) is 0 Å². The summed E-state index contributed by atoms with van der Waals surface area (Å²) >= 11 is 0. The van der Waals surface area contributed by atoms with Gasteiger partial charge in [-0.15, -0.1) is 0 Å². The van der Waals surface area contributed by atoms with Crippen LogP contribution in [-0.4, -0.2) is 13.1 Å². The molecular formula is C8H17NO. The van der Waals surface area contributed by atoms with Crippen molar-refractivity contribution in [2.24, 2.45) is 5.92 Å². The van der Waals surface area contributed by atoms with Crippen LogP contribution in [0.5, 0.6) is 0 Å². The molecule has 10 heavy (non-hydrogen) atoms. The molecule has 0 unspecified atom stereocenters. The average molecular weight is 143 g/mol. The van der Waals surface area contributed by atoms with Crippen molar-refractivity contribution in [1.82, 2.24) is 0 Å². The number of hydrogen-bond acceptors (Lipinski definition) is 1. The highest BCUT2D eigenvalue weighted by atomic mass is 16.5. The molecule has 0 radical (unpaired) electrons. The standard InChI is InChI=1S/C8H17NO/c1-2-3-8-4-6-9(10)7-5-8/h8-9H,2-7H2,1H3. The number of rotatable bonds is 2. The van der Waals surface area contributed by atoms with Gasteiger partial charge < -0.3 is 10.3 Å². The van der Waals surface area contributed by atoms with Gasteiger partial charge in [0.25, 0.3) is 0 Å². The smallest absolute Gasteiger partial charge is 0.0770 e. The maximum atomic E-state index is 10.8. The molecular weight excluding hydrogens is 126 g/mol. The van der Waals surface area contributed by atoms with Gasteiger partial charge in [-0.25, -0.2) is 0 Å². The van der Waals surface area contributed by atoms with Crippen molar-refractivity contribution >= 4 is 0 Å². The fourth-order valence-corrected chi connectivity index (χ4v) is 1.70.